The second-order valence-corrected chi connectivity index (χ2v) is 8.51. The van der Waals surface area contributed by atoms with Gasteiger partial charge in [-0.2, -0.15) is 0 Å². The minimum atomic E-state index is -1.04. The van der Waals surface area contributed by atoms with Crippen LogP contribution in [0.5, 0.6) is 0 Å². The van der Waals surface area contributed by atoms with Crippen LogP contribution in [0.4, 0.5) is 0 Å². The number of unbranched alkanes of at least 4 members (excludes halogenated alkanes) is 1. The van der Waals surface area contributed by atoms with Crippen molar-refractivity contribution in [1.82, 2.24) is 14.9 Å². The van der Waals surface area contributed by atoms with Gasteiger partial charge in [0.15, 0.2) is 0 Å². The molecule has 2 N–H and O–H groups in total. The molecule has 8 heteroatoms. The average molecular weight is 466 g/mol. The normalized spacial score (nSPS) is 15.2. The van der Waals surface area contributed by atoms with Gasteiger partial charge in [-0.3, -0.25) is 9.59 Å². The summed E-state index contributed by atoms with van der Waals surface area (Å²) in [7, 11) is 0. The second-order valence-electron chi connectivity index (χ2n) is 8.07. The summed E-state index contributed by atoms with van der Waals surface area (Å²) in [6, 6.07) is 12.6. The highest BCUT2D eigenvalue weighted by Gasteiger charge is 2.34. The number of rotatable bonds is 6. The van der Waals surface area contributed by atoms with Crippen LogP contribution in [0, 0.1) is 0 Å². The van der Waals surface area contributed by atoms with E-state index in [0.717, 1.165) is 18.4 Å². The zero-order valence-electron chi connectivity index (χ0n) is 18.2. The summed E-state index contributed by atoms with van der Waals surface area (Å²) in [6.45, 7) is 2.47. The molecule has 0 saturated heterocycles. The zero-order chi connectivity index (χ0) is 23.5. The molecule has 2 aromatic carbocycles. The Labute approximate surface area is 196 Å². The summed E-state index contributed by atoms with van der Waals surface area (Å²) in [5.74, 6) is -0.800. The van der Waals surface area contributed by atoms with Crippen molar-refractivity contribution in [3.05, 3.63) is 86.3 Å². The largest absolute Gasteiger partial charge is 0.478 e. The van der Waals surface area contributed by atoms with E-state index in [4.69, 9.17) is 21.7 Å². The lowest BCUT2D eigenvalue weighted by molar-refractivity contribution is 0.0638. The molecule has 0 spiro atoms. The number of aromatic nitrogens is 2. The highest BCUT2D eigenvalue weighted by molar-refractivity contribution is 6.30. The molecule has 1 aliphatic rings. The van der Waals surface area contributed by atoms with E-state index >= 15 is 0 Å². The Kier molecular flexibility index (Phi) is 6.60. The van der Waals surface area contributed by atoms with E-state index < -0.39 is 5.97 Å². The van der Waals surface area contributed by atoms with Crippen LogP contribution in [0.15, 0.2) is 53.3 Å². The molecule has 1 atom stereocenters. The standard InChI is InChI=1S/C25H24ClN3O4/c1-2-3-4-20-21-19(23(30)28-22(27-21)15-9-11-18(26)12-10-15)13-14-29(20)24(31)16-5-7-17(8-6-16)25(32)33/h5-12,20H,2-4,13-14H2,1H3,(H,32,33)(H,27,28,30). The monoisotopic (exact) mass is 465 g/mol. The summed E-state index contributed by atoms with van der Waals surface area (Å²) in [5.41, 5.74) is 2.32. The molecule has 0 fully saturated rings. The Morgan fingerprint density at radius 3 is 2.42 bits per heavy atom. The lowest BCUT2D eigenvalue weighted by atomic mass is 9.93. The smallest absolute Gasteiger partial charge is 0.335 e. The van der Waals surface area contributed by atoms with Crippen molar-refractivity contribution in [3.8, 4) is 11.4 Å². The van der Waals surface area contributed by atoms with Crippen LogP contribution in [-0.4, -0.2) is 38.4 Å². The predicted molar refractivity (Wildman–Crippen MR) is 126 cm³/mol. The van der Waals surface area contributed by atoms with Crippen molar-refractivity contribution in [1.29, 1.82) is 0 Å². The SMILES string of the molecule is CCCCC1c2nc(-c3ccc(Cl)cc3)[nH]c(=O)c2CCN1C(=O)c1ccc(C(=O)O)cc1. The molecule has 1 unspecified atom stereocenters. The van der Waals surface area contributed by atoms with Gasteiger partial charge in [-0.1, -0.05) is 31.4 Å². The molecule has 0 aliphatic carbocycles. The number of aromatic amines is 1. The first-order valence-corrected chi connectivity index (χ1v) is 11.3. The van der Waals surface area contributed by atoms with E-state index in [0.29, 0.717) is 47.1 Å². The molecule has 1 amide bonds. The van der Waals surface area contributed by atoms with Crippen LogP contribution < -0.4 is 5.56 Å². The first kappa shape index (κ1) is 22.7. The number of amides is 1. The number of H-pyrrole nitrogens is 1. The quantitative estimate of drug-likeness (QED) is 0.548. The fourth-order valence-corrected chi connectivity index (χ4v) is 4.29. The van der Waals surface area contributed by atoms with Crippen molar-refractivity contribution in [2.75, 3.05) is 6.54 Å². The van der Waals surface area contributed by atoms with Gasteiger partial charge in [0.25, 0.3) is 11.5 Å². The molecule has 2 heterocycles. The van der Waals surface area contributed by atoms with E-state index in [1.165, 1.54) is 24.3 Å². The fraction of sp³-hybridized carbons (Fsp3) is 0.280. The van der Waals surface area contributed by atoms with Crippen LogP contribution >= 0.6 is 11.6 Å². The summed E-state index contributed by atoms with van der Waals surface area (Å²) in [4.78, 5) is 46.9. The molecule has 7 nitrogen and oxygen atoms in total. The molecule has 1 aromatic heterocycles. The summed E-state index contributed by atoms with van der Waals surface area (Å²) < 4.78 is 0. The van der Waals surface area contributed by atoms with Crippen molar-refractivity contribution in [3.63, 3.8) is 0 Å². The number of carboxylic acids is 1. The van der Waals surface area contributed by atoms with Crippen LogP contribution in [0.25, 0.3) is 11.4 Å². The summed E-state index contributed by atoms with van der Waals surface area (Å²) >= 11 is 6.00. The molecular formula is C25H24ClN3O4. The number of halogens is 1. The molecule has 3 aromatic rings. The van der Waals surface area contributed by atoms with E-state index in [9.17, 15) is 14.4 Å². The lowest BCUT2D eigenvalue weighted by Gasteiger charge is -2.36. The van der Waals surface area contributed by atoms with Gasteiger partial charge < -0.3 is 15.0 Å². The molecule has 33 heavy (non-hydrogen) atoms. The van der Waals surface area contributed by atoms with Gasteiger partial charge in [-0.25, -0.2) is 9.78 Å². The van der Waals surface area contributed by atoms with Gasteiger partial charge in [0, 0.05) is 28.3 Å². The van der Waals surface area contributed by atoms with Crippen LogP contribution in [0.1, 0.15) is 64.2 Å². The van der Waals surface area contributed by atoms with Gasteiger partial charge in [0.1, 0.15) is 5.82 Å². The minimum Gasteiger partial charge on any atom is -0.478 e. The third kappa shape index (κ3) is 4.68. The first-order chi connectivity index (χ1) is 15.9. The van der Waals surface area contributed by atoms with Gasteiger partial charge in [-0.15, -0.1) is 0 Å². The summed E-state index contributed by atoms with van der Waals surface area (Å²) in [5, 5.41) is 9.72. The van der Waals surface area contributed by atoms with E-state index in [-0.39, 0.29) is 23.1 Å². The number of aromatic carboxylic acids is 1. The number of nitrogens with one attached hydrogen (secondary N) is 1. The number of fused-ring (bicyclic) bond motifs is 1. The molecule has 0 saturated carbocycles. The predicted octanol–water partition coefficient (Wildman–Crippen LogP) is 4.72. The Morgan fingerprint density at radius 2 is 1.79 bits per heavy atom. The summed E-state index contributed by atoms with van der Waals surface area (Å²) in [6.07, 6.45) is 2.89. The highest BCUT2D eigenvalue weighted by Crippen LogP contribution is 2.33. The molecule has 170 valence electrons. The van der Waals surface area contributed by atoms with Crippen molar-refractivity contribution >= 4 is 23.5 Å². The van der Waals surface area contributed by atoms with E-state index in [1.807, 2.05) is 0 Å². The van der Waals surface area contributed by atoms with Crippen LogP contribution in [0.2, 0.25) is 5.02 Å². The van der Waals surface area contributed by atoms with Crippen molar-refractivity contribution in [2.24, 2.45) is 0 Å². The molecule has 0 radical (unpaired) electrons. The number of carbonyl (C=O) groups excluding carboxylic acids is 1. The first-order valence-electron chi connectivity index (χ1n) is 10.9. The van der Waals surface area contributed by atoms with E-state index in [1.54, 1.807) is 29.2 Å². The Morgan fingerprint density at radius 1 is 1.12 bits per heavy atom. The van der Waals surface area contributed by atoms with Crippen molar-refractivity contribution < 1.29 is 14.7 Å². The van der Waals surface area contributed by atoms with Gasteiger partial charge in [0.05, 0.1) is 17.3 Å². The number of hydrogen-bond acceptors (Lipinski definition) is 4. The second kappa shape index (κ2) is 9.58. The average Bonchev–Trinajstić information content (AvgIpc) is 2.82. The fourth-order valence-electron chi connectivity index (χ4n) is 4.17. The number of carboxylic acid groups (broad SMARTS) is 1. The highest BCUT2D eigenvalue weighted by atomic mass is 35.5. The maximum absolute atomic E-state index is 13.4. The topological polar surface area (TPSA) is 103 Å². The van der Waals surface area contributed by atoms with Crippen molar-refractivity contribution in [2.45, 2.75) is 38.6 Å². The molecule has 0 bridgehead atoms. The van der Waals surface area contributed by atoms with Crippen LogP contribution in [0.3, 0.4) is 0 Å². The maximum atomic E-state index is 13.4. The molecular weight excluding hydrogens is 442 g/mol. The Bertz CT molecular complexity index is 1240. The number of carbonyl (C=O) groups is 2. The molecule has 1 aliphatic heterocycles. The zero-order valence-corrected chi connectivity index (χ0v) is 18.9. The Balaban J connectivity index is 1.73. The van der Waals surface area contributed by atoms with Gasteiger partial charge in [0.2, 0.25) is 0 Å². The van der Waals surface area contributed by atoms with Gasteiger partial charge in [-0.05, 0) is 61.4 Å². The molecule has 4 rings (SSSR count). The van der Waals surface area contributed by atoms with Gasteiger partial charge >= 0.3 is 5.97 Å². The number of benzene rings is 2. The van der Waals surface area contributed by atoms with Crippen LogP contribution in [-0.2, 0) is 6.42 Å². The van der Waals surface area contributed by atoms with E-state index in [2.05, 4.69) is 11.9 Å². The third-order valence-electron chi connectivity index (χ3n) is 5.93. The number of nitrogens with zero attached hydrogens (tertiary/aromatic N) is 2. The third-order valence-corrected chi connectivity index (χ3v) is 6.18. The maximum Gasteiger partial charge on any atom is 0.335 e. The lowest BCUT2D eigenvalue weighted by Crippen LogP contribution is -2.43. The minimum absolute atomic E-state index is 0.124. The Hall–Kier alpha value is -3.45. The number of hydrogen-bond donors (Lipinski definition) is 2.